The predicted octanol–water partition coefficient (Wildman–Crippen LogP) is 4.75. The van der Waals surface area contributed by atoms with Crippen LogP contribution in [0.1, 0.15) is 18.9 Å². The van der Waals surface area contributed by atoms with Crippen LogP contribution in [0.25, 0.3) is 6.08 Å². The lowest BCUT2D eigenvalue weighted by Gasteiger charge is -2.08. The average molecular weight is 386 g/mol. The second kappa shape index (κ2) is 8.90. The van der Waals surface area contributed by atoms with E-state index in [9.17, 15) is 10.1 Å². The number of ether oxygens (including phenoxy) is 2. The molecule has 4 nitrogen and oxygen atoms in total. The third-order valence-electron chi connectivity index (χ3n) is 3.05. The second-order valence-electron chi connectivity index (χ2n) is 4.90. The first-order valence-electron chi connectivity index (χ1n) is 7.45. The Morgan fingerprint density at radius 1 is 1.21 bits per heavy atom. The van der Waals surface area contributed by atoms with Crippen LogP contribution in [0.5, 0.6) is 11.5 Å². The molecule has 2 aromatic rings. The summed E-state index contributed by atoms with van der Waals surface area (Å²) in [4.78, 5) is 12.2. The molecule has 0 saturated carbocycles. The number of carbonyl (C=O) groups excluding carboxylic acids is 1. The molecule has 2 aromatic carbocycles. The minimum Gasteiger partial charge on any atom is -0.493 e. The second-order valence-corrected chi connectivity index (χ2v) is 5.82. The molecule has 0 aliphatic heterocycles. The van der Waals surface area contributed by atoms with Crippen LogP contribution in [0.15, 0.2) is 58.6 Å². The number of nitrogens with zero attached hydrogens (tertiary/aromatic N) is 1. The molecule has 0 spiro atoms. The molecule has 0 radical (unpaired) electrons. The molecule has 0 aromatic heterocycles. The van der Waals surface area contributed by atoms with E-state index in [1.807, 2.05) is 25.1 Å². The van der Waals surface area contributed by atoms with Crippen molar-refractivity contribution in [1.29, 1.82) is 5.26 Å². The van der Waals surface area contributed by atoms with Crippen LogP contribution in [0.4, 0.5) is 0 Å². The van der Waals surface area contributed by atoms with Gasteiger partial charge in [0.25, 0.3) is 0 Å². The molecular weight excluding hydrogens is 370 g/mol. The summed E-state index contributed by atoms with van der Waals surface area (Å²) in [6, 6.07) is 15.9. The lowest BCUT2D eigenvalue weighted by atomic mass is 10.1. The number of para-hydroxylation sites is 1. The highest BCUT2D eigenvalue weighted by atomic mass is 79.9. The van der Waals surface area contributed by atoms with Gasteiger partial charge in [0.1, 0.15) is 23.1 Å². The number of halogens is 1. The minimum atomic E-state index is -0.704. The van der Waals surface area contributed by atoms with Gasteiger partial charge in [-0.05, 0) is 42.8 Å². The van der Waals surface area contributed by atoms with Crippen LogP contribution in [0.3, 0.4) is 0 Å². The first-order valence-corrected chi connectivity index (χ1v) is 8.24. The van der Waals surface area contributed by atoms with E-state index >= 15 is 0 Å². The van der Waals surface area contributed by atoms with Gasteiger partial charge in [-0.1, -0.05) is 41.1 Å². The monoisotopic (exact) mass is 385 g/mol. The van der Waals surface area contributed by atoms with Crippen molar-refractivity contribution in [3.05, 3.63) is 64.1 Å². The van der Waals surface area contributed by atoms with Crippen molar-refractivity contribution in [2.45, 2.75) is 13.3 Å². The number of nitriles is 1. The summed E-state index contributed by atoms with van der Waals surface area (Å²) in [6.07, 6.45) is 2.35. The highest BCUT2D eigenvalue weighted by molar-refractivity contribution is 9.10. The van der Waals surface area contributed by atoms with Gasteiger partial charge in [-0.3, -0.25) is 0 Å². The Kier molecular flexibility index (Phi) is 6.59. The number of benzene rings is 2. The van der Waals surface area contributed by atoms with Gasteiger partial charge in [0.15, 0.2) is 0 Å². The number of rotatable bonds is 6. The summed E-state index contributed by atoms with van der Waals surface area (Å²) in [6.45, 7) is 2.57. The third-order valence-corrected chi connectivity index (χ3v) is 3.57. The minimum absolute atomic E-state index is 0.0922. The molecule has 0 N–H and O–H groups in total. The Morgan fingerprint density at radius 3 is 2.58 bits per heavy atom. The molecule has 0 amide bonds. The van der Waals surface area contributed by atoms with Gasteiger partial charge in [0.05, 0.1) is 6.61 Å². The van der Waals surface area contributed by atoms with Crippen molar-refractivity contribution >= 4 is 28.0 Å². The van der Waals surface area contributed by atoms with Gasteiger partial charge < -0.3 is 9.47 Å². The van der Waals surface area contributed by atoms with E-state index in [1.54, 1.807) is 36.4 Å². The molecule has 0 saturated heterocycles. The molecule has 122 valence electrons. The SMILES string of the molecule is CCCOc1ccccc1/C=C(\C#N)C(=O)Oc1ccc(Br)cc1. The molecule has 24 heavy (non-hydrogen) atoms. The van der Waals surface area contributed by atoms with Crippen LogP contribution >= 0.6 is 15.9 Å². The molecule has 0 heterocycles. The lowest BCUT2D eigenvalue weighted by Crippen LogP contribution is -2.10. The fraction of sp³-hybridized carbons (Fsp3) is 0.158. The Bertz CT molecular complexity index is 776. The number of esters is 1. The lowest BCUT2D eigenvalue weighted by molar-refractivity contribution is -0.129. The van der Waals surface area contributed by atoms with E-state index < -0.39 is 5.97 Å². The first kappa shape index (κ1) is 17.8. The van der Waals surface area contributed by atoms with Crippen molar-refractivity contribution in [3.8, 4) is 17.6 Å². The van der Waals surface area contributed by atoms with Crippen molar-refractivity contribution in [1.82, 2.24) is 0 Å². The highest BCUT2D eigenvalue weighted by Gasteiger charge is 2.13. The van der Waals surface area contributed by atoms with Crippen molar-refractivity contribution in [3.63, 3.8) is 0 Å². The number of carbonyl (C=O) groups is 1. The van der Waals surface area contributed by atoms with Gasteiger partial charge in [-0.15, -0.1) is 0 Å². The molecule has 0 unspecified atom stereocenters. The summed E-state index contributed by atoms with van der Waals surface area (Å²) in [5.74, 6) is 0.300. The molecule has 0 bridgehead atoms. The standard InChI is InChI=1S/C19H16BrNO3/c1-2-11-23-18-6-4-3-5-14(18)12-15(13-21)19(22)24-17-9-7-16(20)8-10-17/h3-10,12H,2,11H2,1H3/b15-12+. The summed E-state index contributed by atoms with van der Waals surface area (Å²) < 4.78 is 11.7. The van der Waals surface area contributed by atoms with E-state index in [-0.39, 0.29) is 5.57 Å². The third kappa shape index (κ3) is 4.97. The van der Waals surface area contributed by atoms with E-state index in [4.69, 9.17) is 9.47 Å². The molecule has 0 aliphatic carbocycles. The van der Waals surface area contributed by atoms with E-state index in [1.165, 1.54) is 6.08 Å². The quantitative estimate of drug-likeness (QED) is 0.311. The normalized spacial score (nSPS) is 10.8. The van der Waals surface area contributed by atoms with Gasteiger partial charge in [0.2, 0.25) is 0 Å². The number of hydrogen-bond acceptors (Lipinski definition) is 4. The Balaban J connectivity index is 2.21. The maximum absolute atomic E-state index is 12.2. The molecule has 0 fully saturated rings. The van der Waals surface area contributed by atoms with Crippen molar-refractivity contribution in [2.75, 3.05) is 6.61 Å². The van der Waals surface area contributed by atoms with E-state index in [2.05, 4.69) is 15.9 Å². The molecule has 0 atom stereocenters. The average Bonchev–Trinajstić information content (AvgIpc) is 2.60. The summed E-state index contributed by atoms with van der Waals surface area (Å²) in [5, 5.41) is 9.28. The van der Waals surface area contributed by atoms with Gasteiger partial charge in [-0.2, -0.15) is 5.26 Å². The van der Waals surface area contributed by atoms with Crippen molar-refractivity contribution in [2.24, 2.45) is 0 Å². The smallest absolute Gasteiger partial charge is 0.354 e. The van der Waals surface area contributed by atoms with Gasteiger partial charge in [-0.25, -0.2) is 4.79 Å². The van der Waals surface area contributed by atoms with Crippen LogP contribution in [0.2, 0.25) is 0 Å². The van der Waals surface area contributed by atoms with Crippen LogP contribution in [-0.4, -0.2) is 12.6 Å². The first-order chi connectivity index (χ1) is 11.6. The summed E-state index contributed by atoms with van der Waals surface area (Å²) in [7, 11) is 0. The summed E-state index contributed by atoms with van der Waals surface area (Å²) >= 11 is 3.31. The zero-order valence-electron chi connectivity index (χ0n) is 13.2. The van der Waals surface area contributed by atoms with Gasteiger partial charge >= 0.3 is 5.97 Å². The fourth-order valence-electron chi connectivity index (χ4n) is 1.90. The topological polar surface area (TPSA) is 59.3 Å². The van der Waals surface area contributed by atoms with E-state index in [0.717, 1.165) is 10.9 Å². The van der Waals surface area contributed by atoms with Crippen LogP contribution in [0, 0.1) is 11.3 Å². The predicted molar refractivity (Wildman–Crippen MR) is 95.6 cm³/mol. The molecular formula is C19H16BrNO3. The van der Waals surface area contributed by atoms with Crippen molar-refractivity contribution < 1.29 is 14.3 Å². The Morgan fingerprint density at radius 2 is 1.92 bits per heavy atom. The molecule has 5 heteroatoms. The highest BCUT2D eigenvalue weighted by Crippen LogP contribution is 2.22. The molecule has 2 rings (SSSR count). The van der Waals surface area contributed by atoms with Gasteiger partial charge in [0, 0.05) is 10.0 Å². The number of hydrogen-bond donors (Lipinski definition) is 0. The molecule has 0 aliphatic rings. The maximum atomic E-state index is 12.2. The fourth-order valence-corrected chi connectivity index (χ4v) is 2.16. The summed E-state index contributed by atoms with van der Waals surface area (Å²) in [5.41, 5.74) is 0.570. The van der Waals surface area contributed by atoms with Crippen LogP contribution in [-0.2, 0) is 4.79 Å². The van der Waals surface area contributed by atoms with E-state index in [0.29, 0.717) is 23.7 Å². The van der Waals surface area contributed by atoms with Crippen LogP contribution < -0.4 is 9.47 Å². The largest absolute Gasteiger partial charge is 0.493 e. The Labute approximate surface area is 149 Å². The Hall–Kier alpha value is -2.58. The zero-order valence-corrected chi connectivity index (χ0v) is 14.7. The zero-order chi connectivity index (χ0) is 17.4. The maximum Gasteiger partial charge on any atom is 0.354 e.